The van der Waals surface area contributed by atoms with Crippen molar-refractivity contribution >= 4 is 40.2 Å². The first kappa shape index (κ1) is 24.8. The quantitative estimate of drug-likeness (QED) is 0.247. The average Bonchev–Trinajstić information content (AvgIpc) is 3.68. The number of H-pyrrole nitrogens is 1. The molecule has 1 aliphatic carbocycles. The third kappa shape index (κ3) is 5.55. The number of anilines is 3. The SMILES string of the molecule is O=C(Nc1cc(-c2ccc(NC3CCN(C(=O)Nc4ccc(F)cc4F)CC3)cc2)c2cc[nH]c2n1)C1CC1. The number of carbonyl (C=O) groups excluding carboxylic acids is 2. The van der Waals surface area contributed by atoms with Gasteiger partial charge in [0.2, 0.25) is 5.91 Å². The fourth-order valence-electron chi connectivity index (χ4n) is 4.91. The van der Waals surface area contributed by atoms with Crippen LogP contribution in [-0.2, 0) is 4.79 Å². The van der Waals surface area contributed by atoms with Gasteiger partial charge in [-0.15, -0.1) is 0 Å². The van der Waals surface area contributed by atoms with Gasteiger partial charge in [-0.1, -0.05) is 12.1 Å². The Morgan fingerprint density at radius 2 is 1.69 bits per heavy atom. The molecule has 1 saturated heterocycles. The topological polar surface area (TPSA) is 102 Å². The standard InChI is InChI=1S/C29H28F2N6O2/c30-19-5-8-25(24(31)15-19)34-29(39)37-13-10-21(11-14-37)33-20-6-3-17(4-7-20)23-16-26(36-28(38)18-1-2-18)35-27-22(23)9-12-32-27/h3-9,12,15-16,18,21,33H,1-2,10-11,13-14H2,(H,34,39)(H2,32,35,36,38). The third-order valence-corrected chi connectivity index (χ3v) is 7.25. The van der Waals surface area contributed by atoms with Gasteiger partial charge in [-0.3, -0.25) is 4.79 Å². The summed E-state index contributed by atoms with van der Waals surface area (Å²) in [6, 6.07) is 14.9. The smallest absolute Gasteiger partial charge is 0.321 e. The van der Waals surface area contributed by atoms with Gasteiger partial charge in [0, 0.05) is 48.4 Å². The number of hydrogen-bond acceptors (Lipinski definition) is 4. The van der Waals surface area contributed by atoms with Crippen molar-refractivity contribution in [2.45, 2.75) is 31.7 Å². The van der Waals surface area contributed by atoms with Crippen molar-refractivity contribution in [3.05, 3.63) is 72.4 Å². The molecule has 2 fully saturated rings. The molecule has 2 aliphatic rings. The van der Waals surface area contributed by atoms with Crippen molar-refractivity contribution in [3.63, 3.8) is 0 Å². The Labute approximate surface area is 223 Å². The molecule has 0 radical (unpaired) electrons. The highest BCUT2D eigenvalue weighted by Gasteiger charge is 2.30. The zero-order valence-corrected chi connectivity index (χ0v) is 21.1. The maximum absolute atomic E-state index is 13.9. The summed E-state index contributed by atoms with van der Waals surface area (Å²) < 4.78 is 27.0. The van der Waals surface area contributed by atoms with E-state index in [-0.39, 0.29) is 23.6 Å². The van der Waals surface area contributed by atoms with Crippen LogP contribution in [0.15, 0.2) is 60.8 Å². The molecule has 4 aromatic rings. The molecule has 2 aromatic carbocycles. The molecule has 200 valence electrons. The molecule has 1 saturated carbocycles. The van der Waals surface area contributed by atoms with Crippen LogP contribution in [0.1, 0.15) is 25.7 Å². The number of nitrogens with zero attached hydrogens (tertiary/aromatic N) is 2. The summed E-state index contributed by atoms with van der Waals surface area (Å²) >= 11 is 0. The first-order chi connectivity index (χ1) is 18.9. The van der Waals surface area contributed by atoms with E-state index in [9.17, 15) is 18.4 Å². The highest BCUT2D eigenvalue weighted by Crippen LogP contribution is 2.33. The molecule has 39 heavy (non-hydrogen) atoms. The Hall–Kier alpha value is -4.47. The molecule has 3 amide bonds. The molecule has 0 spiro atoms. The predicted octanol–water partition coefficient (Wildman–Crippen LogP) is 5.97. The molecule has 0 unspecified atom stereocenters. The summed E-state index contributed by atoms with van der Waals surface area (Å²) in [4.78, 5) is 34.1. The van der Waals surface area contributed by atoms with E-state index >= 15 is 0 Å². The van der Waals surface area contributed by atoms with Crippen molar-refractivity contribution in [3.8, 4) is 11.1 Å². The predicted molar refractivity (Wildman–Crippen MR) is 146 cm³/mol. The minimum Gasteiger partial charge on any atom is -0.382 e. The van der Waals surface area contributed by atoms with E-state index in [0.717, 1.165) is 65.7 Å². The number of fused-ring (bicyclic) bond motifs is 1. The van der Waals surface area contributed by atoms with Crippen LogP contribution in [0.4, 0.5) is 30.8 Å². The molecule has 6 rings (SSSR count). The van der Waals surface area contributed by atoms with Crippen LogP contribution in [0.2, 0.25) is 0 Å². The second kappa shape index (κ2) is 10.4. The lowest BCUT2D eigenvalue weighted by Gasteiger charge is -2.33. The fourth-order valence-corrected chi connectivity index (χ4v) is 4.91. The van der Waals surface area contributed by atoms with Crippen molar-refractivity contribution in [1.29, 1.82) is 0 Å². The van der Waals surface area contributed by atoms with Crippen LogP contribution >= 0.6 is 0 Å². The number of halogens is 2. The van der Waals surface area contributed by atoms with E-state index in [1.165, 1.54) is 6.07 Å². The van der Waals surface area contributed by atoms with Gasteiger partial charge in [-0.05, 0) is 73.2 Å². The summed E-state index contributed by atoms with van der Waals surface area (Å²) in [7, 11) is 0. The minimum atomic E-state index is -0.799. The first-order valence-corrected chi connectivity index (χ1v) is 13.1. The molecule has 1 aliphatic heterocycles. The maximum atomic E-state index is 13.9. The lowest BCUT2D eigenvalue weighted by molar-refractivity contribution is -0.117. The zero-order valence-electron chi connectivity index (χ0n) is 21.1. The molecule has 10 heteroatoms. The molecule has 2 aromatic heterocycles. The summed E-state index contributed by atoms with van der Waals surface area (Å²) in [5.41, 5.74) is 3.64. The number of rotatable bonds is 6. The van der Waals surface area contributed by atoms with Crippen LogP contribution in [0.5, 0.6) is 0 Å². The number of benzene rings is 2. The second-order valence-corrected chi connectivity index (χ2v) is 10.1. The average molecular weight is 531 g/mol. The number of carbonyl (C=O) groups is 2. The van der Waals surface area contributed by atoms with Crippen LogP contribution in [0.25, 0.3) is 22.2 Å². The fraction of sp³-hybridized carbons (Fsp3) is 0.276. The third-order valence-electron chi connectivity index (χ3n) is 7.25. The summed E-state index contributed by atoms with van der Waals surface area (Å²) in [5.74, 6) is -0.835. The number of likely N-dealkylation sites (tertiary alicyclic amines) is 1. The van der Waals surface area contributed by atoms with Gasteiger partial charge < -0.3 is 25.8 Å². The molecular weight excluding hydrogens is 502 g/mol. The highest BCUT2D eigenvalue weighted by molar-refractivity contribution is 5.99. The molecule has 0 atom stereocenters. The molecule has 0 bridgehead atoms. The molecular formula is C29H28F2N6O2. The summed E-state index contributed by atoms with van der Waals surface area (Å²) in [6.45, 7) is 1.03. The van der Waals surface area contributed by atoms with Gasteiger partial charge in [0.25, 0.3) is 0 Å². The minimum absolute atomic E-state index is 0.0186. The van der Waals surface area contributed by atoms with Gasteiger partial charge in [-0.25, -0.2) is 18.6 Å². The van der Waals surface area contributed by atoms with Gasteiger partial charge in [0.15, 0.2) is 0 Å². The van der Waals surface area contributed by atoms with E-state index in [2.05, 4.69) is 25.9 Å². The van der Waals surface area contributed by atoms with Gasteiger partial charge in [0.05, 0.1) is 5.69 Å². The normalized spacial score (nSPS) is 15.8. The van der Waals surface area contributed by atoms with Crippen LogP contribution < -0.4 is 16.0 Å². The van der Waals surface area contributed by atoms with Gasteiger partial charge in [0.1, 0.15) is 23.1 Å². The second-order valence-electron chi connectivity index (χ2n) is 10.1. The summed E-state index contributed by atoms with van der Waals surface area (Å²) in [6.07, 6.45) is 5.17. The Balaban J connectivity index is 1.07. The van der Waals surface area contributed by atoms with Crippen molar-refractivity contribution < 1.29 is 18.4 Å². The maximum Gasteiger partial charge on any atom is 0.321 e. The number of pyridine rings is 1. The van der Waals surface area contributed by atoms with E-state index in [1.54, 1.807) is 4.90 Å². The molecule has 3 heterocycles. The molecule has 4 N–H and O–H groups in total. The van der Waals surface area contributed by atoms with E-state index in [0.29, 0.717) is 18.9 Å². The van der Waals surface area contributed by atoms with E-state index in [1.807, 2.05) is 42.6 Å². The highest BCUT2D eigenvalue weighted by atomic mass is 19.1. The number of hydrogen-bond donors (Lipinski definition) is 4. The first-order valence-electron chi connectivity index (χ1n) is 13.1. The largest absolute Gasteiger partial charge is 0.382 e. The summed E-state index contributed by atoms with van der Waals surface area (Å²) in [5, 5.41) is 9.98. The number of amides is 3. The lowest BCUT2D eigenvalue weighted by atomic mass is 10.0. The number of aromatic nitrogens is 2. The van der Waals surface area contributed by atoms with Crippen molar-refractivity contribution in [2.24, 2.45) is 5.92 Å². The zero-order chi connectivity index (χ0) is 26.9. The lowest BCUT2D eigenvalue weighted by Crippen LogP contribution is -2.44. The van der Waals surface area contributed by atoms with Crippen LogP contribution in [0, 0.1) is 17.6 Å². The Bertz CT molecular complexity index is 1520. The van der Waals surface area contributed by atoms with E-state index < -0.39 is 17.7 Å². The number of piperidine rings is 1. The van der Waals surface area contributed by atoms with Crippen molar-refractivity contribution in [2.75, 3.05) is 29.0 Å². The Kier molecular flexibility index (Phi) is 6.60. The molecule has 8 nitrogen and oxygen atoms in total. The number of nitrogens with one attached hydrogen (secondary N) is 4. The van der Waals surface area contributed by atoms with Gasteiger partial charge in [-0.2, -0.15) is 0 Å². The van der Waals surface area contributed by atoms with Gasteiger partial charge >= 0.3 is 6.03 Å². The number of aromatic amines is 1. The van der Waals surface area contributed by atoms with Crippen LogP contribution in [-0.4, -0.2) is 45.9 Å². The Morgan fingerprint density at radius 1 is 0.923 bits per heavy atom. The van der Waals surface area contributed by atoms with E-state index in [4.69, 9.17) is 0 Å². The number of urea groups is 1. The Morgan fingerprint density at radius 3 is 2.41 bits per heavy atom. The van der Waals surface area contributed by atoms with Crippen molar-refractivity contribution in [1.82, 2.24) is 14.9 Å². The van der Waals surface area contributed by atoms with Crippen LogP contribution in [0.3, 0.4) is 0 Å². The monoisotopic (exact) mass is 530 g/mol.